The minimum Gasteiger partial charge on any atom is -0.334 e. The van der Waals surface area contributed by atoms with Crippen LogP contribution < -0.4 is 0 Å². The van der Waals surface area contributed by atoms with Crippen LogP contribution in [0.25, 0.3) is 22.8 Å². The van der Waals surface area contributed by atoms with Gasteiger partial charge in [0, 0.05) is 23.3 Å². The summed E-state index contributed by atoms with van der Waals surface area (Å²) in [7, 11) is 0. The van der Waals surface area contributed by atoms with E-state index in [-0.39, 0.29) is 11.6 Å². The molecule has 0 atom stereocenters. The van der Waals surface area contributed by atoms with Crippen LogP contribution in [0.4, 0.5) is 5.69 Å². The van der Waals surface area contributed by atoms with E-state index in [1.807, 2.05) is 31.2 Å². The third-order valence-electron chi connectivity index (χ3n) is 3.01. The van der Waals surface area contributed by atoms with Gasteiger partial charge in [0.15, 0.2) is 0 Å². The predicted molar refractivity (Wildman–Crippen MR) is 76.6 cm³/mol. The van der Waals surface area contributed by atoms with E-state index in [2.05, 4.69) is 10.1 Å². The van der Waals surface area contributed by atoms with Crippen LogP contribution in [-0.2, 0) is 0 Å². The summed E-state index contributed by atoms with van der Waals surface area (Å²) in [5, 5.41) is 14.7. The van der Waals surface area contributed by atoms with Crippen molar-refractivity contribution >= 4 is 5.69 Å². The Morgan fingerprint density at radius 3 is 2.62 bits per heavy atom. The topological polar surface area (TPSA) is 82.1 Å². The van der Waals surface area contributed by atoms with Gasteiger partial charge in [-0.2, -0.15) is 4.98 Å². The Bertz CT molecular complexity index is 811. The Kier molecular flexibility index (Phi) is 3.19. The molecule has 0 aliphatic heterocycles. The number of benzene rings is 2. The van der Waals surface area contributed by atoms with Gasteiger partial charge in [-0.15, -0.1) is 0 Å². The second-order valence-electron chi connectivity index (χ2n) is 4.60. The van der Waals surface area contributed by atoms with Crippen molar-refractivity contribution in [2.45, 2.75) is 6.92 Å². The van der Waals surface area contributed by atoms with E-state index in [1.165, 1.54) is 12.1 Å². The Morgan fingerprint density at radius 1 is 1.10 bits per heavy atom. The molecule has 3 rings (SSSR count). The van der Waals surface area contributed by atoms with E-state index in [9.17, 15) is 10.1 Å². The van der Waals surface area contributed by atoms with Gasteiger partial charge in [0.05, 0.1) is 4.92 Å². The van der Waals surface area contributed by atoms with E-state index in [1.54, 1.807) is 12.1 Å². The number of aromatic nitrogens is 2. The Balaban J connectivity index is 1.98. The standard InChI is InChI=1S/C15H11N3O3/c1-10-4-2-5-11(8-10)14-16-15(21-17-14)12-6-3-7-13(9-12)18(19)20/h2-9H,1H3. The summed E-state index contributed by atoms with van der Waals surface area (Å²) in [4.78, 5) is 14.6. The summed E-state index contributed by atoms with van der Waals surface area (Å²) in [6.45, 7) is 1.98. The fourth-order valence-corrected chi connectivity index (χ4v) is 1.99. The third-order valence-corrected chi connectivity index (χ3v) is 3.01. The third kappa shape index (κ3) is 2.64. The number of nitro groups is 1. The van der Waals surface area contributed by atoms with Crippen LogP contribution in [0.3, 0.4) is 0 Å². The van der Waals surface area contributed by atoms with E-state index < -0.39 is 4.92 Å². The van der Waals surface area contributed by atoms with Gasteiger partial charge >= 0.3 is 0 Å². The zero-order valence-corrected chi connectivity index (χ0v) is 11.2. The van der Waals surface area contributed by atoms with E-state index in [0.29, 0.717) is 11.4 Å². The summed E-state index contributed by atoms with van der Waals surface area (Å²) < 4.78 is 5.20. The average molecular weight is 281 g/mol. The molecule has 0 aliphatic carbocycles. The van der Waals surface area contributed by atoms with E-state index in [0.717, 1.165) is 11.1 Å². The first-order valence-corrected chi connectivity index (χ1v) is 6.29. The number of rotatable bonds is 3. The normalized spacial score (nSPS) is 10.5. The molecule has 0 aliphatic rings. The summed E-state index contributed by atoms with van der Waals surface area (Å²) in [6, 6.07) is 13.8. The smallest absolute Gasteiger partial charge is 0.270 e. The molecule has 0 radical (unpaired) electrons. The molecule has 6 heteroatoms. The number of aryl methyl sites for hydroxylation is 1. The minimum atomic E-state index is -0.457. The summed E-state index contributed by atoms with van der Waals surface area (Å²) in [6.07, 6.45) is 0. The molecule has 3 aromatic rings. The van der Waals surface area contributed by atoms with Gasteiger partial charge in [-0.3, -0.25) is 10.1 Å². The summed E-state index contributed by atoms with van der Waals surface area (Å²) in [5.74, 6) is 0.718. The maximum atomic E-state index is 10.8. The predicted octanol–water partition coefficient (Wildman–Crippen LogP) is 3.62. The molecule has 0 fully saturated rings. The van der Waals surface area contributed by atoms with Gasteiger partial charge in [-0.1, -0.05) is 35.0 Å². The Hall–Kier alpha value is -3.02. The highest BCUT2D eigenvalue weighted by atomic mass is 16.6. The minimum absolute atomic E-state index is 0.0113. The molecular weight excluding hydrogens is 270 g/mol. The number of nitrogens with zero attached hydrogens (tertiary/aromatic N) is 3. The number of hydrogen-bond acceptors (Lipinski definition) is 5. The molecule has 21 heavy (non-hydrogen) atoms. The molecule has 1 aromatic heterocycles. The molecule has 0 N–H and O–H groups in total. The first-order valence-electron chi connectivity index (χ1n) is 6.29. The molecule has 0 bridgehead atoms. The summed E-state index contributed by atoms with van der Waals surface area (Å²) >= 11 is 0. The quantitative estimate of drug-likeness (QED) is 0.541. The molecule has 1 heterocycles. The van der Waals surface area contributed by atoms with Crippen molar-refractivity contribution in [3.63, 3.8) is 0 Å². The zero-order chi connectivity index (χ0) is 14.8. The molecule has 0 saturated heterocycles. The van der Waals surface area contributed by atoms with Crippen LogP contribution in [0, 0.1) is 17.0 Å². The fourth-order valence-electron chi connectivity index (χ4n) is 1.99. The highest BCUT2D eigenvalue weighted by Gasteiger charge is 2.13. The van der Waals surface area contributed by atoms with Crippen molar-refractivity contribution in [2.24, 2.45) is 0 Å². The SMILES string of the molecule is Cc1cccc(-c2noc(-c3cccc([N+](=O)[O-])c3)n2)c1. The van der Waals surface area contributed by atoms with Gasteiger partial charge in [-0.25, -0.2) is 0 Å². The number of non-ortho nitro benzene ring substituents is 1. The average Bonchev–Trinajstić information content (AvgIpc) is 2.97. The fraction of sp³-hybridized carbons (Fsp3) is 0.0667. The number of nitro benzene ring substituents is 1. The Labute approximate surface area is 120 Å². The van der Waals surface area contributed by atoms with Crippen molar-refractivity contribution in [3.8, 4) is 22.8 Å². The highest BCUT2D eigenvalue weighted by molar-refractivity contribution is 5.62. The maximum Gasteiger partial charge on any atom is 0.270 e. The second-order valence-corrected chi connectivity index (χ2v) is 4.60. The zero-order valence-electron chi connectivity index (χ0n) is 11.2. The first-order chi connectivity index (χ1) is 10.1. The van der Waals surface area contributed by atoms with Gasteiger partial charge < -0.3 is 4.52 Å². The first kappa shape index (κ1) is 13.0. The van der Waals surface area contributed by atoms with Crippen LogP contribution in [0.15, 0.2) is 53.1 Å². The molecular formula is C15H11N3O3. The van der Waals surface area contributed by atoms with Crippen LogP contribution in [0.5, 0.6) is 0 Å². The molecule has 0 spiro atoms. The number of hydrogen-bond donors (Lipinski definition) is 0. The van der Waals surface area contributed by atoms with Crippen LogP contribution >= 0.6 is 0 Å². The molecule has 0 saturated carbocycles. The largest absolute Gasteiger partial charge is 0.334 e. The molecule has 0 unspecified atom stereocenters. The van der Waals surface area contributed by atoms with E-state index in [4.69, 9.17) is 4.52 Å². The van der Waals surface area contributed by atoms with Crippen molar-refractivity contribution in [1.29, 1.82) is 0 Å². The molecule has 104 valence electrons. The van der Waals surface area contributed by atoms with Gasteiger partial charge in [-0.05, 0) is 19.1 Å². The van der Waals surface area contributed by atoms with Crippen LogP contribution in [-0.4, -0.2) is 15.1 Å². The summed E-state index contributed by atoms with van der Waals surface area (Å²) in [5.41, 5.74) is 2.45. The van der Waals surface area contributed by atoms with Crippen molar-refractivity contribution < 1.29 is 9.45 Å². The van der Waals surface area contributed by atoms with Crippen molar-refractivity contribution in [3.05, 3.63) is 64.2 Å². The molecule has 6 nitrogen and oxygen atoms in total. The van der Waals surface area contributed by atoms with Crippen LogP contribution in [0.2, 0.25) is 0 Å². The van der Waals surface area contributed by atoms with Crippen molar-refractivity contribution in [2.75, 3.05) is 0 Å². The maximum absolute atomic E-state index is 10.8. The lowest BCUT2D eigenvalue weighted by atomic mass is 10.1. The monoisotopic (exact) mass is 281 g/mol. The van der Waals surface area contributed by atoms with Gasteiger partial charge in [0.1, 0.15) is 0 Å². The molecule has 2 aromatic carbocycles. The van der Waals surface area contributed by atoms with Gasteiger partial charge in [0.2, 0.25) is 5.82 Å². The lowest BCUT2D eigenvalue weighted by Gasteiger charge is -1.95. The highest BCUT2D eigenvalue weighted by Crippen LogP contribution is 2.25. The molecule has 0 amide bonds. The lowest BCUT2D eigenvalue weighted by molar-refractivity contribution is -0.384. The van der Waals surface area contributed by atoms with Crippen LogP contribution in [0.1, 0.15) is 5.56 Å². The van der Waals surface area contributed by atoms with Crippen molar-refractivity contribution in [1.82, 2.24) is 10.1 Å². The van der Waals surface area contributed by atoms with Gasteiger partial charge in [0.25, 0.3) is 11.6 Å². The lowest BCUT2D eigenvalue weighted by Crippen LogP contribution is -1.88. The van der Waals surface area contributed by atoms with E-state index >= 15 is 0 Å². The Morgan fingerprint density at radius 2 is 1.86 bits per heavy atom. The second kappa shape index (κ2) is 5.16.